The molecule has 0 saturated carbocycles. The molecule has 0 aliphatic heterocycles. The van der Waals surface area contributed by atoms with E-state index in [1.807, 2.05) is 37.4 Å². The number of fused-ring (bicyclic) bond motifs is 1. The fourth-order valence-corrected chi connectivity index (χ4v) is 3.99. The Hall–Kier alpha value is -2.08. The first-order valence-electron chi connectivity index (χ1n) is 9.05. The SMILES string of the molecule is CN[C@H]1CC[C@@H](c2ccc(Cl)c(Cl)c2)c2ccc(C(=O)NCC(=O)OC)cc21. The minimum absolute atomic E-state index is 0.155. The average Bonchev–Trinajstić information content (AvgIpc) is 2.72. The Bertz CT molecular complexity index is 901. The van der Waals surface area contributed by atoms with Crippen LogP contribution < -0.4 is 10.6 Å². The Balaban J connectivity index is 1.92. The standard InChI is InChI=1S/C21H22Cl2N2O3/c1-24-19-8-6-14(12-4-7-17(22)18(23)10-12)15-5-3-13(9-16(15)19)21(27)25-11-20(26)28-2/h3-5,7,9-10,14,19,24H,6,8,11H2,1-2H3,(H,25,27)/t14-,19-/m0/s1. The number of carbonyl (C=O) groups is 2. The zero-order valence-corrected chi connectivity index (χ0v) is 17.2. The maximum absolute atomic E-state index is 12.4. The van der Waals surface area contributed by atoms with Crippen LogP contribution in [0, 0.1) is 0 Å². The third-order valence-electron chi connectivity index (χ3n) is 5.16. The molecule has 2 aromatic rings. The number of rotatable bonds is 5. The van der Waals surface area contributed by atoms with Crippen LogP contribution in [0.1, 0.15) is 51.8 Å². The minimum Gasteiger partial charge on any atom is -0.468 e. The van der Waals surface area contributed by atoms with Crippen molar-refractivity contribution >= 4 is 35.1 Å². The number of halogens is 2. The number of benzene rings is 2. The molecule has 0 spiro atoms. The van der Waals surface area contributed by atoms with Crippen LogP contribution in [0.3, 0.4) is 0 Å². The fraction of sp³-hybridized carbons (Fsp3) is 0.333. The molecular formula is C21H22Cl2N2O3. The largest absolute Gasteiger partial charge is 0.468 e. The highest BCUT2D eigenvalue weighted by Crippen LogP contribution is 2.42. The van der Waals surface area contributed by atoms with Gasteiger partial charge in [0.25, 0.3) is 5.91 Å². The molecule has 0 radical (unpaired) electrons. The van der Waals surface area contributed by atoms with Gasteiger partial charge in [-0.2, -0.15) is 0 Å². The first-order valence-corrected chi connectivity index (χ1v) is 9.81. The normalized spacial score (nSPS) is 18.3. The molecule has 1 aliphatic rings. The molecule has 3 rings (SSSR count). The second kappa shape index (κ2) is 8.95. The average molecular weight is 421 g/mol. The molecule has 0 saturated heterocycles. The van der Waals surface area contributed by atoms with E-state index in [-0.39, 0.29) is 24.4 Å². The molecule has 2 N–H and O–H groups in total. The van der Waals surface area contributed by atoms with Gasteiger partial charge in [-0.25, -0.2) is 0 Å². The first-order chi connectivity index (χ1) is 13.4. The molecule has 0 bridgehead atoms. The molecule has 5 nitrogen and oxygen atoms in total. The highest BCUT2D eigenvalue weighted by Gasteiger charge is 2.28. The van der Waals surface area contributed by atoms with E-state index >= 15 is 0 Å². The lowest BCUT2D eigenvalue weighted by Gasteiger charge is -2.32. The fourth-order valence-electron chi connectivity index (χ4n) is 3.68. The summed E-state index contributed by atoms with van der Waals surface area (Å²) in [6.45, 7) is -0.159. The summed E-state index contributed by atoms with van der Waals surface area (Å²) in [6, 6.07) is 11.5. The summed E-state index contributed by atoms with van der Waals surface area (Å²) in [5, 5.41) is 6.98. The Kier molecular flexibility index (Phi) is 6.60. The monoisotopic (exact) mass is 420 g/mol. The van der Waals surface area contributed by atoms with Crippen LogP contribution in [-0.2, 0) is 9.53 Å². The van der Waals surface area contributed by atoms with Gasteiger partial charge in [-0.1, -0.05) is 35.3 Å². The molecular weight excluding hydrogens is 399 g/mol. The number of esters is 1. The van der Waals surface area contributed by atoms with Crippen LogP contribution in [-0.4, -0.2) is 32.6 Å². The Morgan fingerprint density at radius 3 is 2.54 bits per heavy atom. The van der Waals surface area contributed by atoms with Gasteiger partial charge in [0, 0.05) is 17.5 Å². The molecule has 0 heterocycles. The third-order valence-corrected chi connectivity index (χ3v) is 5.90. The van der Waals surface area contributed by atoms with Crippen LogP contribution in [0.25, 0.3) is 0 Å². The predicted octanol–water partition coefficient (Wildman–Crippen LogP) is 4.08. The lowest BCUT2D eigenvalue weighted by Crippen LogP contribution is -2.31. The highest BCUT2D eigenvalue weighted by molar-refractivity contribution is 6.42. The number of methoxy groups -OCH3 is 1. The van der Waals surface area contributed by atoms with E-state index in [0.717, 1.165) is 29.5 Å². The molecule has 28 heavy (non-hydrogen) atoms. The molecule has 1 aliphatic carbocycles. The van der Waals surface area contributed by atoms with Crippen molar-refractivity contribution in [2.75, 3.05) is 20.7 Å². The summed E-state index contributed by atoms with van der Waals surface area (Å²) in [7, 11) is 3.20. The van der Waals surface area contributed by atoms with Gasteiger partial charge < -0.3 is 15.4 Å². The van der Waals surface area contributed by atoms with Crippen molar-refractivity contribution in [1.29, 1.82) is 0 Å². The predicted molar refractivity (Wildman–Crippen MR) is 110 cm³/mol. The van der Waals surface area contributed by atoms with Crippen molar-refractivity contribution in [3.05, 3.63) is 68.7 Å². The van der Waals surface area contributed by atoms with Gasteiger partial charge in [-0.3, -0.25) is 9.59 Å². The molecule has 0 fully saturated rings. The van der Waals surface area contributed by atoms with Crippen molar-refractivity contribution in [2.45, 2.75) is 24.8 Å². The maximum Gasteiger partial charge on any atom is 0.325 e. The van der Waals surface area contributed by atoms with Gasteiger partial charge in [-0.15, -0.1) is 0 Å². The van der Waals surface area contributed by atoms with E-state index in [0.29, 0.717) is 15.6 Å². The second-order valence-corrected chi connectivity index (χ2v) is 7.56. The van der Waals surface area contributed by atoms with Crippen molar-refractivity contribution in [3.63, 3.8) is 0 Å². The zero-order chi connectivity index (χ0) is 20.3. The highest BCUT2D eigenvalue weighted by atomic mass is 35.5. The van der Waals surface area contributed by atoms with Crippen LogP contribution in [0.4, 0.5) is 0 Å². The van der Waals surface area contributed by atoms with Crippen LogP contribution >= 0.6 is 23.2 Å². The zero-order valence-electron chi connectivity index (χ0n) is 15.7. The van der Waals surface area contributed by atoms with Gasteiger partial charge >= 0.3 is 5.97 Å². The van der Waals surface area contributed by atoms with Gasteiger partial charge in [0.2, 0.25) is 0 Å². The van der Waals surface area contributed by atoms with Crippen molar-refractivity contribution in [2.24, 2.45) is 0 Å². The van der Waals surface area contributed by atoms with Gasteiger partial charge in [-0.05, 0) is 60.8 Å². The Labute approximate surface area is 174 Å². The molecule has 0 aromatic heterocycles. The number of hydrogen-bond donors (Lipinski definition) is 2. The summed E-state index contributed by atoms with van der Waals surface area (Å²) >= 11 is 12.3. The van der Waals surface area contributed by atoms with Crippen molar-refractivity contribution in [3.8, 4) is 0 Å². The van der Waals surface area contributed by atoms with Crippen molar-refractivity contribution < 1.29 is 14.3 Å². The minimum atomic E-state index is -0.487. The lowest BCUT2D eigenvalue weighted by molar-refractivity contribution is -0.139. The molecule has 1 amide bonds. The molecule has 2 atom stereocenters. The van der Waals surface area contributed by atoms with Crippen LogP contribution in [0.2, 0.25) is 10.0 Å². The van der Waals surface area contributed by atoms with E-state index in [1.54, 1.807) is 6.07 Å². The number of hydrogen-bond acceptors (Lipinski definition) is 4. The van der Waals surface area contributed by atoms with E-state index in [2.05, 4.69) is 15.4 Å². The summed E-state index contributed by atoms with van der Waals surface area (Å²) in [5.41, 5.74) is 3.86. The smallest absolute Gasteiger partial charge is 0.325 e. The van der Waals surface area contributed by atoms with Gasteiger partial charge in [0.05, 0.1) is 17.2 Å². The van der Waals surface area contributed by atoms with Gasteiger partial charge in [0.15, 0.2) is 0 Å². The molecule has 2 aromatic carbocycles. The molecule has 7 heteroatoms. The number of amides is 1. The first kappa shape index (κ1) is 20.6. The third kappa shape index (κ3) is 4.32. The summed E-state index contributed by atoms with van der Waals surface area (Å²) in [4.78, 5) is 23.7. The van der Waals surface area contributed by atoms with Crippen LogP contribution in [0.15, 0.2) is 36.4 Å². The van der Waals surface area contributed by atoms with Crippen LogP contribution in [0.5, 0.6) is 0 Å². The summed E-state index contributed by atoms with van der Waals surface area (Å²) in [6.07, 6.45) is 1.89. The van der Waals surface area contributed by atoms with E-state index in [4.69, 9.17) is 23.2 Å². The Morgan fingerprint density at radius 2 is 1.86 bits per heavy atom. The van der Waals surface area contributed by atoms with E-state index in [1.165, 1.54) is 7.11 Å². The number of carbonyl (C=O) groups excluding carboxylic acids is 2. The Morgan fingerprint density at radius 1 is 1.07 bits per heavy atom. The van der Waals surface area contributed by atoms with Crippen molar-refractivity contribution in [1.82, 2.24) is 10.6 Å². The van der Waals surface area contributed by atoms with E-state index < -0.39 is 5.97 Å². The number of ether oxygens (including phenoxy) is 1. The topological polar surface area (TPSA) is 67.4 Å². The molecule has 0 unspecified atom stereocenters. The summed E-state index contributed by atoms with van der Waals surface area (Å²) < 4.78 is 4.56. The molecule has 148 valence electrons. The maximum atomic E-state index is 12.4. The second-order valence-electron chi connectivity index (χ2n) is 6.75. The quantitative estimate of drug-likeness (QED) is 0.714. The number of nitrogens with one attached hydrogen (secondary N) is 2. The summed E-state index contributed by atoms with van der Waals surface area (Å²) in [5.74, 6) is -0.611. The lowest BCUT2D eigenvalue weighted by atomic mass is 9.76. The van der Waals surface area contributed by atoms with Gasteiger partial charge in [0.1, 0.15) is 6.54 Å². The van der Waals surface area contributed by atoms with E-state index in [9.17, 15) is 9.59 Å².